The van der Waals surface area contributed by atoms with Gasteiger partial charge in [-0.05, 0) is 0 Å². The number of halogens is 6. The summed E-state index contributed by atoms with van der Waals surface area (Å²) in [6, 6.07) is 17.0. The summed E-state index contributed by atoms with van der Waals surface area (Å²) in [5.41, 5.74) is -2.83. The number of fused-ring (bicyclic) bond motifs is 6. The maximum Gasteiger partial charge on any atom is 0.380 e. The standard InChI is InChI=1S/C23H10F6N2S2/c24-21(25)13-14(22(26,27)23(21,28)29)16-18(33-20(31-16)12-9-5-2-6-10-12)17-15(13)30-19(32-17)11-7-3-1-4-8-11/h1-10H. The first-order chi connectivity index (χ1) is 15.6. The van der Waals surface area contributed by atoms with Crippen LogP contribution in [0.4, 0.5) is 26.3 Å². The highest BCUT2D eigenvalue weighted by Gasteiger charge is 2.80. The van der Waals surface area contributed by atoms with Gasteiger partial charge < -0.3 is 0 Å². The van der Waals surface area contributed by atoms with Crippen LogP contribution in [-0.4, -0.2) is 15.9 Å². The van der Waals surface area contributed by atoms with Crippen LogP contribution in [-0.2, 0) is 11.8 Å². The molecule has 2 nitrogen and oxygen atoms in total. The van der Waals surface area contributed by atoms with E-state index in [0.717, 1.165) is 22.7 Å². The molecule has 0 radical (unpaired) electrons. The van der Waals surface area contributed by atoms with Crippen LogP contribution in [0.2, 0.25) is 0 Å². The molecular weight excluding hydrogens is 482 g/mol. The van der Waals surface area contributed by atoms with Gasteiger partial charge in [-0.2, -0.15) is 26.3 Å². The molecule has 2 aromatic heterocycles. The number of nitrogens with zero attached hydrogens (tertiary/aromatic N) is 2. The second-order valence-electron chi connectivity index (χ2n) is 7.60. The summed E-state index contributed by atoms with van der Waals surface area (Å²) in [4.78, 5) is 8.33. The van der Waals surface area contributed by atoms with Gasteiger partial charge in [-0.15, -0.1) is 22.7 Å². The van der Waals surface area contributed by atoms with Gasteiger partial charge in [-0.1, -0.05) is 60.7 Å². The third-order valence-electron chi connectivity index (χ3n) is 5.64. The Balaban J connectivity index is 1.78. The average Bonchev–Trinajstić information content (AvgIpc) is 3.45. The zero-order chi connectivity index (χ0) is 23.2. The van der Waals surface area contributed by atoms with E-state index in [2.05, 4.69) is 9.97 Å². The second kappa shape index (κ2) is 6.54. The lowest BCUT2D eigenvalue weighted by molar-refractivity contribution is -0.302. The lowest BCUT2D eigenvalue weighted by Crippen LogP contribution is -2.43. The van der Waals surface area contributed by atoms with Crippen molar-refractivity contribution in [3.63, 3.8) is 0 Å². The molecule has 0 amide bonds. The van der Waals surface area contributed by atoms with Gasteiger partial charge in [0.05, 0.1) is 31.6 Å². The molecule has 0 spiro atoms. The van der Waals surface area contributed by atoms with E-state index in [4.69, 9.17) is 0 Å². The van der Waals surface area contributed by atoms with Crippen molar-refractivity contribution in [2.75, 3.05) is 0 Å². The molecular formula is C23H10F6N2S2. The van der Waals surface area contributed by atoms with E-state index in [-0.39, 0.29) is 19.4 Å². The van der Waals surface area contributed by atoms with E-state index in [1.165, 1.54) is 0 Å². The molecule has 1 aliphatic carbocycles. The Morgan fingerprint density at radius 2 is 0.909 bits per heavy atom. The fourth-order valence-electron chi connectivity index (χ4n) is 4.05. The monoisotopic (exact) mass is 492 g/mol. The van der Waals surface area contributed by atoms with Crippen LogP contribution in [0.15, 0.2) is 60.7 Å². The first kappa shape index (κ1) is 20.6. The highest BCUT2D eigenvalue weighted by atomic mass is 32.1. The summed E-state index contributed by atoms with van der Waals surface area (Å²) in [6.07, 6.45) is 0. The molecule has 1 aliphatic rings. The molecule has 2 heterocycles. The van der Waals surface area contributed by atoms with Gasteiger partial charge in [0.25, 0.3) is 0 Å². The van der Waals surface area contributed by atoms with Gasteiger partial charge in [0, 0.05) is 11.1 Å². The van der Waals surface area contributed by atoms with Crippen LogP contribution in [0.3, 0.4) is 0 Å². The van der Waals surface area contributed by atoms with Gasteiger partial charge in [-0.3, -0.25) is 0 Å². The van der Waals surface area contributed by atoms with Crippen molar-refractivity contribution in [1.29, 1.82) is 0 Å². The Labute approximate surface area is 190 Å². The second-order valence-corrected chi connectivity index (χ2v) is 9.60. The van der Waals surface area contributed by atoms with Crippen molar-refractivity contribution in [3.8, 4) is 21.1 Å². The molecule has 166 valence electrons. The summed E-state index contributed by atoms with van der Waals surface area (Å²) in [5, 5.41) is 0.536. The lowest BCUT2D eigenvalue weighted by atomic mass is 10.1. The number of aromatic nitrogens is 2. The predicted molar refractivity (Wildman–Crippen MR) is 116 cm³/mol. The van der Waals surface area contributed by atoms with Crippen LogP contribution in [0.25, 0.3) is 41.6 Å². The van der Waals surface area contributed by atoms with E-state index >= 15 is 0 Å². The number of rotatable bonds is 2. The highest BCUT2D eigenvalue weighted by Crippen LogP contribution is 2.66. The van der Waals surface area contributed by atoms with Gasteiger partial charge in [-0.25, -0.2) is 9.97 Å². The van der Waals surface area contributed by atoms with E-state index in [0.29, 0.717) is 11.1 Å². The van der Waals surface area contributed by atoms with Crippen LogP contribution in [0, 0.1) is 0 Å². The molecule has 0 saturated heterocycles. The smallest absolute Gasteiger partial charge is 0.235 e. The molecule has 6 rings (SSSR count). The highest BCUT2D eigenvalue weighted by molar-refractivity contribution is 7.29. The van der Waals surface area contributed by atoms with Crippen molar-refractivity contribution in [2.24, 2.45) is 0 Å². The Morgan fingerprint density at radius 3 is 1.27 bits per heavy atom. The van der Waals surface area contributed by atoms with E-state index in [1.54, 1.807) is 60.7 Å². The number of alkyl halides is 6. The Morgan fingerprint density at radius 1 is 0.545 bits per heavy atom. The fourth-order valence-corrected chi connectivity index (χ4v) is 6.34. The Bertz CT molecular complexity index is 1430. The van der Waals surface area contributed by atoms with E-state index in [1.807, 2.05) is 0 Å². The maximum absolute atomic E-state index is 14.9. The molecule has 0 atom stereocenters. The summed E-state index contributed by atoms with van der Waals surface area (Å²) in [6.45, 7) is 0. The predicted octanol–water partition coefficient (Wildman–Crippen LogP) is 8.07. The van der Waals surface area contributed by atoms with Crippen molar-refractivity contribution >= 4 is 43.1 Å². The van der Waals surface area contributed by atoms with E-state index < -0.39 is 39.9 Å². The van der Waals surface area contributed by atoms with Crippen LogP contribution >= 0.6 is 22.7 Å². The molecule has 0 fully saturated rings. The van der Waals surface area contributed by atoms with Crippen molar-refractivity contribution in [3.05, 3.63) is 71.8 Å². The fraction of sp³-hybridized carbons (Fsp3) is 0.130. The van der Waals surface area contributed by atoms with Crippen molar-refractivity contribution in [2.45, 2.75) is 17.8 Å². The van der Waals surface area contributed by atoms with Crippen molar-refractivity contribution < 1.29 is 26.3 Å². The zero-order valence-corrected chi connectivity index (χ0v) is 17.9. The van der Waals surface area contributed by atoms with Crippen LogP contribution in [0.5, 0.6) is 0 Å². The average molecular weight is 492 g/mol. The molecule has 10 heteroatoms. The van der Waals surface area contributed by atoms with Gasteiger partial charge in [0.15, 0.2) is 0 Å². The first-order valence-electron chi connectivity index (χ1n) is 9.67. The number of benzene rings is 3. The maximum atomic E-state index is 14.9. The summed E-state index contributed by atoms with van der Waals surface area (Å²) < 4.78 is 88.9. The molecule has 0 N–H and O–H groups in total. The molecule has 0 aliphatic heterocycles. The molecule has 3 aromatic carbocycles. The molecule has 33 heavy (non-hydrogen) atoms. The van der Waals surface area contributed by atoms with Crippen molar-refractivity contribution in [1.82, 2.24) is 9.97 Å². The minimum atomic E-state index is -5.61. The Hall–Kier alpha value is -2.98. The third kappa shape index (κ3) is 2.56. The van der Waals surface area contributed by atoms with Gasteiger partial charge in [0.2, 0.25) is 0 Å². The van der Waals surface area contributed by atoms with Gasteiger partial charge >= 0.3 is 17.8 Å². The minimum absolute atomic E-state index is 0.135. The molecule has 5 aromatic rings. The summed E-state index contributed by atoms with van der Waals surface area (Å²) in [5.74, 6) is -15.8. The topological polar surface area (TPSA) is 25.8 Å². The first-order valence-corrected chi connectivity index (χ1v) is 11.3. The third-order valence-corrected chi connectivity index (χ3v) is 8.02. The van der Waals surface area contributed by atoms with Gasteiger partial charge in [0.1, 0.15) is 10.0 Å². The Kier molecular flexibility index (Phi) is 4.09. The largest absolute Gasteiger partial charge is 0.380 e. The van der Waals surface area contributed by atoms with Crippen LogP contribution in [0.1, 0.15) is 11.1 Å². The SMILES string of the molecule is FC1(F)c2c(c3nc(-c4ccccc4)sc3c3sc(-c4ccccc4)nc23)C(F)(F)C1(F)F. The quantitative estimate of drug-likeness (QED) is 0.233. The molecule has 0 saturated carbocycles. The number of hydrogen-bond acceptors (Lipinski definition) is 4. The van der Waals surface area contributed by atoms with Crippen LogP contribution < -0.4 is 0 Å². The lowest BCUT2D eigenvalue weighted by Gasteiger charge is -2.23. The number of hydrogen-bond donors (Lipinski definition) is 0. The summed E-state index contributed by atoms with van der Waals surface area (Å²) >= 11 is 1.98. The molecule has 0 unspecified atom stereocenters. The van der Waals surface area contributed by atoms with E-state index in [9.17, 15) is 26.3 Å². The zero-order valence-electron chi connectivity index (χ0n) is 16.3. The molecule has 0 bridgehead atoms. The summed E-state index contributed by atoms with van der Waals surface area (Å²) in [7, 11) is 0. The number of thiazole rings is 2. The normalized spacial score (nSPS) is 18.1. The minimum Gasteiger partial charge on any atom is -0.235 e.